The highest BCUT2D eigenvalue weighted by molar-refractivity contribution is 5.91. The predicted molar refractivity (Wildman–Crippen MR) is 117 cm³/mol. The molecule has 0 spiro atoms. The van der Waals surface area contributed by atoms with Crippen LogP contribution in [0.25, 0.3) is 21.5 Å². The fraction of sp³-hybridized carbons (Fsp3) is 0.192. The molecule has 0 saturated heterocycles. The van der Waals surface area contributed by atoms with Crippen molar-refractivity contribution < 1.29 is 9.47 Å². The van der Waals surface area contributed by atoms with E-state index in [1.165, 1.54) is 32.7 Å². The lowest BCUT2D eigenvalue weighted by Crippen LogP contribution is -2.02. The van der Waals surface area contributed by atoms with Crippen molar-refractivity contribution in [3.8, 4) is 11.5 Å². The molecule has 2 heteroatoms. The maximum atomic E-state index is 5.84. The highest BCUT2D eigenvalue weighted by Gasteiger charge is 2.17. The lowest BCUT2D eigenvalue weighted by atomic mass is 9.86. The predicted octanol–water partition coefficient (Wildman–Crippen LogP) is 6.76. The first-order chi connectivity index (χ1) is 13.7. The Bertz CT molecular complexity index is 1020. The van der Waals surface area contributed by atoms with Crippen LogP contribution in [0, 0.1) is 6.92 Å². The molecule has 28 heavy (non-hydrogen) atoms. The Morgan fingerprint density at radius 3 is 1.54 bits per heavy atom. The Morgan fingerprint density at radius 2 is 1.11 bits per heavy atom. The fourth-order valence-electron chi connectivity index (χ4n) is 3.87. The van der Waals surface area contributed by atoms with Gasteiger partial charge in [-0.1, -0.05) is 48.5 Å². The van der Waals surface area contributed by atoms with Crippen molar-refractivity contribution in [2.45, 2.75) is 19.8 Å². The third-order valence-electron chi connectivity index (χ3n) is 5.11. The average molecular weight is 369 g/mol. The zero-order chi connectivity index (χ0) is 19.5. The van der Waals surface area contributed by atoms with Crippen LogP contribution in [0.5, 0.6) is 11.5 Å². The number of benzene rings is 4. The molecule has 0 aromatic heterocycles. The molecule has 0 aliphatic heterocycles. The molecule has 0 amide bonds. The summed E-state index contributed by atoms with van der Waals surface area (Å²) < 4.78 is 11.7. The van der Waals surface area contributed by atoms with E-state index in [1.54, 1.807) is 0 Å². The zero-order valence-electron chi connectivity index (χ0n) is 16.4. The minimum Gasteiger partial charge on any atom is -0.494 e. The molecule has 141 valence electrons. The largest absolute Gasteiger partial charge is 0.494 e. The van der Waals surface area contributed by atoms with Gasteiger partial charge < -0.3 is 9.47 Å². The van der Waals surface area contributed by atoms with Crippen LogP contribution in [0.15, 0.2) is 72.8 Å². The molecule has 0 N–H and O–H groups in total. The summed E-state index contributed by atoms with van der Waals surface area (Å²) in [5.41, 5.74) is 2.33. The molecule has 0 aliphatic carbocycles. The summed E-state index contributed by atoms with van der Waals surface area (Å²) in [5.74, 6) is 1.72. The van der Waals surface area contributed by atoms with Gasteiger partial charge in [-0.15, -0.1) is 0 Å². The van der Waals surface area contributed by atoms with Gasteiger partial charge in [0, 0.05) is 5.92 Å². The summed E-state index contributed by atoms with van der Waals surface area (Å²) >= 11 is 0. The summed E-state index contributed by atoms with van der Waals surface area (Å²) in [4.78, 5) is 0. The van der Waals surface area contributed by atoms with Gasteiger partial charge in [-0.3, -0.25) is 0 Å². The van der Waals surface area contributed by atoms with Gasteiger partial charge in [-0.05, 0) is 77.7 Å². The van der Waals surface area contributed by atoms with Crippen LogP contribution >= 0.6 is 0 Å². The highest BCUT2D eigenvalue weighted by atomic mass is 16.5. The Kier molecular flexibility index (Phi) is 5.21. The number of hydrogen-bond donors (Lipinski definition) is 0. The van der Waals surface area contributed by atoms with Crippen LogP contribution in [-0.2, 0) is 0 Å². The lowest BCUT2D eigenvalue weighted by Gasteiger charge is -2.20. The molecule has 0 saturated carbocycles. The molecule has 0 fully saturated rings. The smallest absolute Gasteiger partial charge is 0.120 e. The molecule has 0 bridgehead atoms. The van der Waals surface area contributed by atoms with E-state index in [1.807, 2.05) is 13.8 Å². The van der Waals surface area contributed by atoms with Gasteiger partial charge >= 0.3 is 0 Å². The SMILES string of the molecule is [CH2]C(c1cc(OCC)cc2ccccc12)c1cc(OCC)cc2ccccc12. The van der Waals surface area contributed by atoms with Gasteiger partial charge in [0.05, 0.1) is 13.2 Å². The quantitative estimate of drug-likeness (QED) is 0.374. The maximum Gasteiger partial charge on any atom is 0.120 e. The van der Waals surface area contributed by atoms with E-state index in [-0.39, 0.29) is 5.92 Å². The Hall–Kier alpha value is -3.00. The zero-order valence-corrected chi connectivity index (χ0v) is 16.4. The Balaban J connectivity index is 1.93. The van der Waals surface area contributed by atoms with Crippen LogP contribution in [0.3, 0.4) is 0 Å². The first-order valence-electron chi connectivity index (χ1n) is 9.85. The van der Waals surface area contributed by atoms with E-state index in [0.717, 1.165) is 11.5 Å². The summed E-state index contributed by atoms with van der Waals surface area (Å²) in [6.45, 7) is 9.87. The third-order valence-corrected chi connectivity index (χ3v) is 5.11. The van der Waals surface area contributed by atoms with Gasteiger partial charge in [-0.2, -0.15) is 0 Å². The molecule has 1 radical (unpaired) electrons. The second kappa shape index (κ2) is 7.93. The Labute approximate surface area is 166 Å². The number of ether oxygens (including phenoxy) is 2. The van der Waals surface area contributed by atoms with Crippen molar-refractivity contribution in [2.24, 2.45) is 0 Å². The normalized spacial score (nSPS) is 11.3. The topological polar surface area (TPSA) is 18.5 Å². The fourth-order valence-corrected chi connectivity index (χ4v) is 3.87. The number of fused-ring (bicyclic) bond motifs is 2. The first-order valence-corrected chi connectivity index (χ1v) is 9.85. The molecule has 2 nitrogen and oxygen atoms in total. The molecular weight excluding hydrogens is 344 g/mol. The van der Waals surface area contributed by atoms with Crippen molar-refractivity contribution in [2.75, 3.05) is 13.2 Å². The molecular formula is C26H25O2. The van der Waals surface area contributed by atoms with Crippen LogP contribution in [-0.4, -0.2) is 13.2 Å². The van der Waals surface area contributed by atoms with E-state index < -0.39 is 0 Å². The average Bonchev–Trinajstić information content (AvgIpc) is 2.72. The van der Waals surface area contributed by atoms with E-state index in [9.17, 15) is 0 Å². The van der Waals surface area contributed by atoms with Crippen molar-refractivity contribution in [1.29, 1.82) is 0 Å². The van der Waals surface area contributed by atoms with Gasteiger partial charge in [0.2, 0.25) is 0 Å². The van der Waals surface area contributed by atoms with Crippen molar-refractivity contribution >= 4 is 21.5 Å². The number of rotatable bonds is 6. The number of hydrogen-bond acceptors (Lipinski definition) is 2. The molecule has 4 aromatic rings. The summed E-state index contributed by atoms with van der Waals surface area (Å²) in [5, 5.41) is 4.75. The van der Waals surface area contributed by atoms with Crippen molar-refractivity contribution in [1.82, 2.24) is 0 Å². The summed E-state index contributed by atoms with van der Waals surface area (Å²) in [6.07, 6.45) is 0. The molecule has 0 unspecified atom stereocenters. The minimum atomic E-state index is -0.0457. The van der Waals surface area contributed by atoms with E-state index in [4.69, 9.17) is 9.47 Å². The molecule has 4 rings (SSSR count). The monoisotopic (exact) mass is 369 g/mol. The maximum absolute atomic E-state index is 5.84. The molecule has 4 aromatic carbocycles. The second-order valence-corrected chi connectivity index (χ2v) is 6.89. The molecule has 0 aliphatic rings. The van der Waals surface area contributed by atoms with Crippen LogP contribution < -0.4 is 9.47 Å². The van der Waals surface area contributed by atoms with Gasteiger partial charge in [0.15, 0.2) is 0 Å². The molecule has 0 heterocycles. The van der Waals surface area contributed by atoms with Gasteiger partial charge in [-0.25, -0.2) is 0 Å². The van der Waals surface area contributed by atoms with Crippen molar-refractivity contribution in [3.05, 3.63) is 90.8 Å². The van der Waals surface area contributed by atoms with E-state index in [2.05, 4.69) is 79.7 Å². The second-order valence-electron chi connectivity index (χ2n) is 6.89. The summed E-state index contributed by atoms with van der Waals surface area (Å²) in [7, 11) is 0. The third kappa shape index (κ3) is 3.43. The molecule has 0 atom stereocenters. The van der Waals surface area contributed by atoms with Crippen LogP contribution in [0.2, 0.25) is 0 Å². The van der Waals surface area contributed by atoms with E-state index in [0.29, 0.717) is 13.2 Å². The lowest BCUT2D eigenvalue weighted by molar-refractivity contribution is 0.340. The van der Waals surface area contributed by atoms with Crippen molar-refractivity contribution in [3.63, 3.8) is 0 Å². The van der Waals surface area contributed by atoms with E-state index >= 15 is 0 Å². The highest BCUT2D eigenvalue weighted by Crippen LogP contribution is 2.38. The Morgan fingerprint density at radius 1 is 0.679 bits per heavy atom. The van der Waals surface area contributed by atoms with Gasteiger partial charge in [0.25, 0.3) is 0 Å². The first kappa shape index (κ1) is 18.4. The van der Waals surface area contributed by atoms with Gasteiger partial charge in [0.1, 0.15) is 11.5 Å². The minimum absolute atomic E-state index is 0.0457. The summed E-state index contributed by atoms with van der Waals surface area (Å²) in [6, 6.07) is 25.3. The van der Waals surface area contributed by atoms with Crippen LogP contribution in [0.1, 0.15) is 30.9 Å². The standard InChI is InChI=1S/C26H25O2/c1-4-27-21-14-19-10-6-8-12-23(19)25(16-21)18(3)26-17-22(28-5-2)15-20-11-7-9-13-24(20)26/h6-18H,3-5H2,1-2H3. The van der Waals surface area contributed by atoms with Crippen LogP contribution in [0.4, 0.5) is 0 Å².